The lowest BCUT2D eigenvalue weighted by atomic mass is 10.1. The summed E-state index contributed by atoms with van der Waals surface area (Å²) < 4.78 is 4.96. The number of amides is 1. The molecule has 1 aromatic carbocycles. The zero-order valence-corrected chi connectivity index (χ0v) is 12.3. The fourth-order valence-corrected chi connectivity index (χ4v) is 1.86. The van der Waals surface area contributed by atoms with E-state index in [1.54, 1.807) is 7.11 Å². The molecule has 0 saturated heterocycles. The fourth-order valence-electron chi connectivity index (χ4n) is 1.73. The monoisotopic (exact) mass is 284 g/mol. The highest BCUT2D eigenvalue weighted by Gasteiger charge is 2.09. The van der Waals surface area contributed by atoms with E-state index in [2.05, 4.69) is 10.6 Å². The largest absolute Gasteiger partial charge is 0.383 e. The molecule has 4 nitrogen and oxygen atoms in total. The van der Waals surface area contributed by atoms with Gasteiger partial charge in [-0.3, -0.25) is 4.79 Å². The molecule has 0 saturated carbocycles. The number of carbonyl (C=O) groups is 1. The van der Waals surface area contributed by atoms with E-state index in [1.165, 1.54) is 0 Å². The highest BCUT2D eigenvalue weighted by molar-refractivity contribution is 6.30. The third-order valence-corrected chi connectivity index (χ3v) is 3.01. The number of hydrogen-bond acceptors (Lipinski definition) is 3. The second kappa shape index (κ2) is 8.15. The van der Waals surface area contributed by atoms with Crippen molar-refractivity contribution >= 4 is 17.5 Å². The summed E-state index contributed by atoms with van der Waals surface area (Å²) >= 11 is 5.83. The first kappa shape index (κ1) is 16.0. The van der Waals surface area contributed by atoms with Gasteiger partial charge in [0.25, 0.3) is 0 Å². The van der Waals surface area contributed by atoms with Crippen LogP contribution < -0.4 is 10.6 Å². The lowest BCUT2D eigenvalue weighted by Crippen LogP contribution is -2.41. The molecule has 0 radical (unpaired) electrons. The van der Waals surface area contributed by atoms with Gasteiger partial charge < -0.3 is 15.4 Å². The van der Waals surface area contributed by atoms with Gasteiger partial charge in [-0.1, -0.05) is 23.7 Å². The molecule has 0 aliphatic carbocycles. The van der Waals surface area contributed by atoms with E-state index in [0.717, 1.165) is 5.56 Å². The molecule has 0 bridgehead atoms. The summed E-state index contributed by atoms with van der Waals surface area (Å²) in [6, 6.07) is 7.70. The number of halogens is 1. The van der Waals surface area contributed by atoms with Gasteiger partial charge in [-0.15, -0.1) is 0 Å². The van der Waals surface area contributed by atoms with Gasteiger partial charge in [0.05, 0.1) is 13.2 Å². The number of hydrogen-bond donors (Lipinski definition) is 2. The fraction of sp³-hybridized carbons (Fsp3) is 0.500. The van der Waals surface area contributed by atoms with Crippen molar-refractivity contribution in [1.29, 1.82) is 0 Å². The first-order chi connectivity index (χ1) is 9.02. The van der Waals surface area contributed by atoms with Crippen molar-refractivity contribution in [2.75, 3.05) is 20.3 Å². The molecule has 2 N–H and O–H groups in total. The first-order valence-electron chi connectivity index (χ1n) is 6.30. The molecular formula is C14H21ClN2O2. The van der Waals surface area contributed by atoms with Crippen LogP contribution in [0.25, 0.3) is 0 Å². The maximum atomic E-state index is 11.7. The molecule has 0 spiro atoms. The van der Waals surface area contributed by atoms with Crippen molar-refractivity contribution < 1.29 is 9.53 Å². The Hall–Kier alpha value is -1.10. The quantitative estimate of drug-likeness (QED) is 0.807. The Bertz CT molecular complexity index is 395. The molecule has 1 amide bonds. The topological polar surface area (TPSA) is 50.4 Å². The van der Waals surface area contributed by atoms with Crippen LogP contribution in [0.2, 0.25) is 5.02 Å². The van der Waals surface area contributed by atoms with E-state index >= 15 is 0 Å². The number of methoxy groups -OCH3 is 1. The second-order valence-corrected chi connectivity index (χ2v) is 5.01. The molecule has 5 heteroatoms. The minimum absolute atomic E-state index is 0.0186. The summed E-state index contributed by atoms with van der Waals surface area (Å²) in [5.41, 5.74) is 1.10. The van der Waals surface area contributed by atoms with Crippen molar-refractivity contribution in [2.45, 2.75) is 25.9 Å². The van der Waals surface area contributed by atoms with Crippen LogP contribution in [0.4, 0.5) is 0 Å². The molecular weight excluding hydrogens is 264 g/mol. The standard InChI is InChI=1S/C14H21ClN2O2/c1-10(9-19-3)17-14(18)8-16-11(2)12-4-6-13(15)7-5-12/h4-7,10-11,16H,8-9H2,1-3H3,(H,17,18)/t10?,11-/m1/s1. The molecule has 1 unspecified atom stereocenters. The predicted molar refractivity (Wildman–Crippen MR) is 77.4 cm³/mol. The first-order valence-corrected chi connectivity index (χ1v) is 6.68. The van der Waals surface area contributed by atoms with E-state index in [9.17, 15) is 4.79 Å². The number of carbonyl (C=O) groups excluding carboxylic acids is 1. The summed E-state index contributed by atoms with van der Waals surface area (Å²) in [5, 5.41) is 6.73. The lowest BCUT2D eigenvalue weighted by Gasteiger charge is -2.16. The summed E-state index contributed by atoms with van der Waals surface area (Å²) in [7, 11) is 1.61. The molecule has 19 heavy (non-hydrogen) atoms. The van der Waals surface area contributed by atoms with Crippen LogP contribution in [0.5, 0.6) is 0 Å². The van der Waals surface area contributed by atoms with Gasteiger partial charge in [0, 0.05) is 24.2 Å². The predicted octanol–water partition coefficient (Wildman–Crippen LogP) is 2.14. The Labute approximate surface area is 119 Å². The summed E-state index contributed by atoms with van der Waals surface area (Å²) in [6.07, 6.45) is 0. The third kappa shape index (κ3) is 6.05. The van der Waals surface area contributed by atoms with Gasteiger partial charge in [0.15, 0.2) is 0 Å². The Morgan fingerprint density at radius 3 is 2.53 bits per heavy atom. The minimum Gasteiger partial charge on any atom is -0.383 e. The van der Waals surface area contributed by atoms with Gasteiger partial charge >= 0.3 is 0 Å². The van der Waals surface area contributed by atoms with E-state index in [4.69, 9.17) is 16.3 Å². The number of rotatable bonds is 7. The summed E-state index contributed by atoms with van der Waals surface area (Å²) in [5.74, 6) is -0.0367. The zero-order valence-electron chi connectivity index (χ0n) is 11.6. The maximum Gasteiger partial charge on any atom is 0.234 e. The van der Waals surface area contributed by atoms with Crippen molar-refractivity contribution in [3.8, 4) is 0 Å². The third-order valence-electron chi connectivity index (χ3n) is 2.76. The molecule has 106 valence electrons. The van der Waals surface area contributed by atoms with E-state index in [1.807, 2.05) is 38.1 Å². The van der Waals surface area contributed by atoms with Crippen molar-refractivity contribution in [1.82, 2.24) is 10.6 Å². The van der Waals surface area contributed by atoms with Gasteiger partial charge in [-0.25, -0.2) is 0 Å². The lowest BCUT2D eigenvalue weighted by molar-refractivity contribution is -0.121. The molecule has 2 atom stereocenters. The molecule has 0 aromatic heterocycles. The van der Waals surface area contributed by atoms with Crippen LogP contribution in [0.1, 0.15) is 25.5 Å². The van der Waals surface area contributed by atoms with Crippen molar-refractivity contribution in [2.24, 2.45) is 0 Å². The van der Waals surface area contributed by atoms with Crippen LogP contribution in [-0.4, -0.2) is 32.2 Å². The van der Waals surface area contributed by atoms with Crippen LogP contribution in [-0.2, 0) is 9.53 Å². The van der Waals surface area contributed by atoms with Crippen molar-refractivity contribution in [3.63, 3.8) is 0 Å². The molecule has 0 aliphatic heterocycles. The van der Waals surface area contributed by atoms with E-state index < -0.39 is 0 Å². The van der Waals surface area contributed by atoms with Gasteiger partial charge in [0.1, 0.15) is 0 Å². The smallest absolute Gasteiger partial charge is 0.234 e. The molecule has 1 rings (SSSR count). The van der Waals surface area contributed by atoms with Crippen molar-refractivity contribution in [3.05, 3.63) is 34.9 Å². The van der Waals surface area contributed by atoms with E-state index in [0.29, 0.717) is 11.6 Å². The number of nitrogens with one attached hydrogen (secondary N) is 2. The molecule has 0 heterocycles. The molecule has 0 fully saturated rings. The maximum absolute atomic E-state index is 11.7. The van der Waals surface area contributed by atoms with Crippen LogP contribution in [0, 0.1) is 0 Å². The van der Waals surface area contributed by atoms with Gasteiger partial charge in [-0.2, -0.15) is 0 Å². The normalized spacial score (nSPS) is 13.9. The Morgan fingerprint density at radius 2 is 1.95 bits per heavy atom. The van der Waals surface area contributed by atoms with Gasteiger partial charge in [-0.05, 0) is 31.5 Å². The second-order valence-electron chi connectivity index (χ2n) is 4.58. The van der Waals surface area contributed by atoms with Crippen LogP contribution >= 0.6 is 11.6 Å². The SMILES string of the molecule is COCC(C)NC(=O)CN[C@H](C)c1ccc(Cl)cc1. The molecule has 1 aromatic rings. The molecule has 0 aliphatic rings. The highest BCUT2D eigenvalue weighted by atomic mass is 35.5. The summed E-state index contributed by atoms with van der Waals surface area (Å²) in [6.45, 7) is 4.70. The zero-order chi connectivity index (χ0) is 14.3. The highest BCUT2D eigenvalue weighted by Crippen LogP contribution is 2.15. The Balaban J connectivity index is 2.35. The average molecular weight is 285 g/mol. The Kier molecular flexibility index (Phi) is 6.84. The Morgan fingerprint density at radius 1 is 1.32 bits per heavy atom. The van der Waals surface area contributed by atoms with Crippen LogP contribution in [0.15, 0.2) is 24.3 Å². The summed E-state index contributed by atoms with van der Waals surface area (Å²) in [4.78, 5) is 11.7. The van der Waals surface area contributed by atoms with Crippen LogP contribution in [0.3, 0.4) is 0 Å². The number of benzene rings is 1. The van der Waals surface area contributed by atoms with Gasteiger partial charge in [0.2, 0.25) is 5.91 Å². The van der Waals surface area contributed by atoms with E-state index in [-0.39, 0.29) is 24.5 Å². The minimum atomic E-state index is -0.0367. The average Bonchev–Trinajstić information content (AvgIpc) is 2.37. The number of ether oxygens (including phenoxy) is 1.